The number of aromatic nitrogens is 3. The Bertz CT molecular complexity index is 2590. The number of thiocarbonyl (C=S) groups is 1. The second-order valence-electron chi connectivity index (χ2n) is 15.7. The van der Waals surface area contributed by atoms with Crippen molar-refractivity contribution in [2.75, 3.05) is 4.90 Å². The minimum atomic E-state index is -4.89. The van der Waals surface area contributed by atoms with E-state index in [9.17, 15) is 28.0 Å². The van der Waals surface area contributed by atoms with Gasteiger partial charge in [0.25, 0.3) is 5.91 Å². The van der Waals surface area contributed by atoms with Crippen LogP contribution >= 0.6 is 12.2 Å². The molecule has 11 nitrogen and oxygen atoms in total. The first-order chi connectivity index (χ1) is 30.9. The van der Waals surface area contributed by atoms with Crippen LogP contribution in [-0.4, -0.2) is 42.5 Å². The molecule has 2 fully saturated rings. The van der Waals surface area contributed by atoms with Crippen LogP contribution in [-0.2, 0) is 39.2 Å². The van der Waals surface area contributed by atoms with E-state index in [1.54, 1.807) is 11.0 Å². The van der Waals surface area contributed by atoms with Crippen LogP contribution in [0.4, 0.5) is 23.2 Å². The second kappa shape index (κ2) is 18.5. The number of carbonyl (C=O) groups is 2. The molecule has 3 heterocycles. The molecule has 326 valence electrons. The van der Waals surface area contributed by atoms with Crippen LogP contribution in [0.5, 0.6) is 0 Å². The summed E-state index contributed by atoms with van der Waals surface area (Å²) < 4.78 is 62.5. The number of nitrogens with zero attached hydrogens (tertiary/aromatic N) is 6. The maximum absolute atomic E-state index is 15.7. The molecule has 1 spiro atoms. The fourth-order valence-corrected chi connectivity index (χ4v) is 8.72. The van der Waals surface area contributed by atoms with E-state index in [2.05, 4.69) is 20.6 Å². The highest BCUT2D eigenvalue weighted by atomic mass is 32.1. The van der Waals surface area contributed by atoms with Crippen LogP contribution < -0.4 is 10.4 Å². The number of amides is 2. The molecule has 1 saturated heterocycles. The lowest BCUT2D eigenvalue weighted by atomic mass is 9.75. The molecule has 0 unspecified atom stereocenters. The maximum atomic E-state index is 15.7. The molecule has 1 saturated carbocycles. The molecule has 4 aromatic carbocycles. The second-order valence-corrected chi connectivity index (χ2v) is 16.1. The van der Waals surface area contributed by atoms with Crippen LogP contribution in [0.2, 0.25) is 0 Å². The first-order valence-corrected chi connectivity index (χ1v) is 21.2. The van der Waals surface area contributed by atoms with Crippen molar-refractivity contribution in [3.8, 4) is 17.5 Å². The summed E-state index contributed by atoms with van der Waals surface area (Å²) in [7, 11) is 0. The van der Waals surface area contributed by atoms with E-state index < -0.39 is 40.3 Å². The smallest absolute Gasteiger partial charge is 0.339 e. The van der Waals surface area contributed by atoms with Crippen molar-refractivity contribution in [1.82, 2.24) is 25.5 Å². The number of hydrogen-bond acceptors (Lipinski definition) is 9. The summed E-state index contributed by atoms with van der Waals surface area (Å²) in [6, 6.07) is 35.9. The van der Waals surface area contributed by atoms with Gasteiger partial charge in [-0.2, -0.15) is 23.4 Å². The van der Waals surface area contributed by atoms with Gasteiger partial charge in [-0.25, -0.2) is 14.9 Å². The lowest BCUT2D eigenvalue weighted by molar-refractivity contribution is -0.143. The predicted octanol–water partition coefficient (Wildman–Crippen LogP) is 9.75. The summed E-state index contributed by atoms with van der Waals surface area (Å²) in [5.41, 5.74) is 1.37. The number of pyridine rings is 1. The molecule has 1 N–H and O–H groups in total. The van der Waals surface area contributed by atoms with E-state index in [0.717, 1.165) is 47.0 Å². The summed E-state index contributed by atoms with van der Waals surface area (Å²) >= 11 is 5.63. The Morgan fingerprint density at radius 1 is 0.891 bits per heavy atom. The number of halogens is 4. The van der Waals surface area contributed by atoms with Gasteiger partial charge in [0.1, 0.15) is 17.4 Å². The summed E-state index contributed by atoms with van der Waals surface area (Å²) in [5, 5.41) is 13.1. The average Bonchev–Trinajstić information content (AvgIpc) is 3.85. The lowest BCUT2D eigenvalue weighted by Gasteiger charge is -2.43. The number of nitrogens with one attached hydrogen (secondary N) is 1. The molecular formula is C48H41F4N7O4S. The van der Waals surface area contributed by atoms with Gasteiger partial charge in [0.2, 0.25) is 17.6 Å². The van der Waals surface area contributed by atoms with E-state index in [1.165, 1.54) is 18.2 Å². The summed E-state index contributed by atoms with van der Waals surface area (Å²) in [4.78, 5) is 44.0. The Morgan fingerprint density at radius 2 is 1.52 bits per heavy atom. The van der Waals surface area contributed by atoms with Gasteiger partial charge in [-0.3, -0.25) is 19.3 Å². The lowest BCUT2D eigenvalue weighted by Crippen LogP contribution is -2.54. The molecule has 2 aromatic heterocycles. The minimum Gasteiger partial charge on any atom is -0.339 e. The van der Waals surface area contributed by atoms with Crippen molar-refractivity contribution in [2.24, 2.45) is 0 Å². The van der Waals surface area contributed by atoms with Crippen molar-refractivity contribution in [2.45, 2.75) is 81.6 Å². The summed E-state index contributed by atoms with van der Waals surface area (Å²) in [5.74, 6) is -0.812. The number of rotatable bonds is 16. The van der Waals surface area contributed by atoms with Crippen molar-refractivity contribution in [3.05, 3.63) is 167 Å². The number of nitriles is 1. The largest absolute Gasteiger partial charge is 0.419 e. The van der Waals surface area contributed by atoms with Gasteiger partial charge in [-0.05, 0) is 73.1 Å². The Morgan fingerprint density at radius 3 is 2.08 bits per heavy atom. The fraction of sp³-hybridized carbons (Fsp3) is 0.271. The van der Waals surface area contributed by atoms with E-state index in [1.807, 2.05) is 91.0 Å². The Labute approximate surface area is 371 Å². The number of alkyl halides is 3. The molecule has 2 aliphatic rings. The Hall–Kier alpha value is -6.83. The third kappa shape index (κ3) is 8.60. The zero-order valence-corrected chi connectivity index (χ0v) is 35.2. The van der Waals surface area contributed by atoms with Gasteiger partial charge >= 0.3 is 6.18 Å². The standard InChI is InChI=1S/C48H41F4N7O4S/c49-39-27-32(23-24-33(39)31-58-45(64)59(44(61)46(58)25-14-26-46)37-28-38(48(50,51)52)40(29-53)54-30-37)43-55-42(62-57-43)22-13-2-1-12-21-41(60)56-63-47(34-15-6-3-7-16-34,35-17-8-4-9-18-35)36-19-10-5-11-20-36/h3-11,15-20,23-24,27-28,30H,1-2,12-14,21-22,25-26,31H2,(H,56,60). The van der Waals surface area contributed by atoms with Crippen molar-refractivity contribution in [3.63, 3.8) is 0 Å². The zero-order chi connectivity index (χ0) is 44.9. The van der Waals surface area contributed by atoms with Crippen molar-refractivity contribution < 1.29 is 36.5 Å². The summed E-state index contributed by atoms with van der Waals surface area (Å²) in [6.45, 7) is -0.120. The molecule has 1 aliphatic heterocycles. The number of carbonyl (C=O) groups excluding carboxylic acids is 2. The van der Waals surface area contributed by atoms with Crippen molar-refractivity contribution >= 4 is 34.8 Å². The number of aryl methyl sites for hydroxylation is 1. The van der Waals surface area contributed by atoms with Crippen LogP contribution in [0.3, 0.4) is 0 Å². The normalized spacial score (nSPS) is 14.7. The van der Waals surface area contributed by atoms with Crippen molar-refractivity contribution in [1.29, 1.82) is 5.26 Å². The SMILES string of the molecule is N#Cc1ncc(N2C(=O)C3(CCC3)N(Cc3ccc(-c4noc(CCCCCCC(=O)NOC(c5ccccc5)(c5ccccc5)c5ccccc5)n4)cc3F)C2=S)cc1C(F)(F)F. The highest BCUT2D eigenvalue weighted by molar-refractivity contribution is 7.80. The van der Waals surface area contributed by atoms with Crippen LogP contribution in [0, 0.1) is 17.1 Å². The van der Waals surface area contributed by atoms with Crippen LogP contribution in [0.1, 0.15) is 90.8 Å². The average molecular weight is 888 g/mol. The number of hydroxylamine groups is 1. The van der Waals surface area contributed by atoms with Gasteiger partial charge in [-0.15, -0.1) is 0 Å². The third-order valence-electron chi connectivity index (χ3n) is 11.8. The van der Waals surface area contributed by atoms with E-state index in [-0.39, 0.29) is 41.1 Å². The highest BCUT2D eigenvalue weighted by Crippen LogP contribution is 2.47. The highest BCUT2D eigenvalue weighted by Gasteiger charge is 2.59. The molecule has 0 atom stereocenters. The summed E-state index contributed by atoms with van der Waals surface area (Å²) in [6.07, 6.45) is 1.22. The molecule has 16 heteroatoms. The van der Waals surface area contributed by atoms with E-state index in [4.69, 9.17) is 21.6 Å². The van der Waals surface area contributed by atoms with Gasteiger partial charge < -0.3 is 9.42 Å². The van der Waals surface area contributed by atoms with Gasteiger partial charge in [0.05, 0.1) is 17.4 Å². The quantitative estimate of drug-likeness (QED) is 0.0329. The first kappa shape index (κ1) is 43.8. The molecule has 2 amide bonds. The van der Waals surface area contributed by atoms with Gasteiger partial charge in [0.15, 0.2) is 16.4 Å². The zero-order valence-electron chi connectivity index (χ0n) is 34.4. The topological polar surface area (TPSA) is 137 Å². The first-order valence-electron chi connectivity index (χ1n) is 20.8. The van der Waals surface area contributed by atoms with Crippen LogP contribution in [0.25, 0.3) is 11.4 Å². The predicted molar refractivity (Wildman–Crippen MR) is 231 cm³/mol. The Balaban J connectivity index is 0.841. The van der Waals surface area contributed by atoms with E-state index in [0.29, 0.717) is 49.6 Å². The van der Waals surface area contributed by atoms with Gasteiger partial charge in [0, 0.05) is 30.5 Å². The molecule has 64 heavy (non-hydrogen) atoms. The molecule has 8 rings (SSSR count). The maximum Gasteiger partial charge on any atom is 0.419 e. The molecule has 0 radical (unpaired) electrons. The monoisotopic (exact) mass is 887 g/mol. The van der Waals surface area contributed by atoms with Crippen LogP contribution in [0.15, 0.2) is 126 Å². The third-order valence-corrected chi connectivity index (χ3v) is 12.2. The molecular weight excluding hydrogens is 847 g/mol. The fourth-order valence-electron chi connectivity index (χ4n) is 8.29. The number of hydrogen-bond donors (Lipinski definition) is 1. The number of benzene rings is 4. The molecule has 1 aliphatic carbocycles. The number of anilines is 1. The molecule has 6 aromatic rings. The van der Waals surface area contributed by atoms with Gasteiger partial charge in [-0.1, -0.05) is 121 Å². The minimum absolute atomic E-state index is 0.0829. The van der Waals surface area contributed by atoms with E-state index >= 15 is 4.39 Å². The Kier molecular flexibility index (Phi) is 12.7. The molecule has 0 bridgehead atoms. The number of unbranched alkanes of at least 4 members (excludes halogenated alkanes) is 3.